The summed E-state index contributed by atoms with van der Waals surface area (Å²) in [4.78, 5) is 15.0. The second kappa shape index (κ2) is 10.2. The molecule has 2 saturated heterocycles. The average Bonchev–Trinajstić information content (AvgIpc) is 3.48. The first kappa shape index (κ1) is 27.2. The Hall–Kier alpha value is -0.950. The lowest BCUT2D eigenvalue weighted by Crippen LogP contribution is -2.61. The lowest BCUT2D eigenvalue weighted by Gasteiger charge is -2.62. The van der Waals surface area contributed by atoms with Crippen molar-refractivity contribution < 1.29 is 23.9 Å². The molecular weight excluding hydrogens is 476 g/mol. The molecule has 214 valence electrons. The van der Waals surface area contributed by atoms with Crippen LogP contribution in [-0.4, -0.2) is 90.7 Å². The summed E-state index contributed by atoms with van der Waals surface area (Å²) in [6, 6.07) is 0.663. The van der Waals surface area contributed by atoms with Crippen molar-refractivity contribution in [3.63, 3.8) is 0 Å². The third kappa shape index (κ3) is 4.23. The molecule has 10 atom stereocenters. The molecule has 2 heterocycles. The fourth-order valence-corrected chi connectivity index (χ4v) is 11.3. The SMILES string of the molecule is C=CC[N+]1([C@H]2C[C@@H]3[C@@H]4CC[C@H]5C[C@H](O)[C@@H](N6CCOCC6)C[C@]5(C)[C@@H]4CC[C@]3(C)[C@H]2OC(C)=O)CCCC1. The van der Waals surface area contributed by atoms with Crippen molar-refractivity contribution >= 4 is 5.97 Å². The minimum atomic E-state index is -0.209. The zero-order chi connectivity index (χ0) is 26.7. The second-order valence-corrected chi connectivity index (χ2v) is 14.6. The molecule has 0 radical (unpaired) electrons. The van der Waals surface area contributed by atoms with Gasteiger partial charge in [-0.15, -0.1) is 0 Å². The molecule has 0 spiro atoms. The van der Waals surface area contributed by atoms with Crippen molar-refractivity contribution in [2.45, 2.75) is 103 Å². The van der Waals surface area contributed by atoms with Crippen molar-refractivity contribution in [2.75, 3.05) is 45.9 Å². The van der Waals surface area contributed by atoms with Crippen LogP contribution in [-0.2, 0) is 14.3 Å². The van der Waals surface area contributed by atoms with E-state index in [-0.39, 0.29) is 35.0 Å². The average molecular weight is 530 g/mol. The molecule has 1 N–H and O–H groups in total. The summed E-state index contributed by atoms with van der Waals surface area (Å²) in [6.45, 7) is 17.7. The molecule has 4 saturated carbocycles. The summed E-state index contributed by atoms with van der Waals surface area (Å²) < 4.78 is 13.1. The van der Waals surface area contributed by atoms with Gasteiger partial charge in [0.05, 0.1) is 39.0 Å². The molecule has 0 aromatic carbocycles. The number of hydrogen-bond acceptors (Lipinski definition) is 5. The van der Waals surface area contributed by atoms with E-state index in [1.807, 2.05) is 0 Å². The number of nitrogens with zero attached hydrogens (tertiary/aromatic N) is 2. The van der Waals surface area contributed by atoms with Crippen LogP contribution in [0.15, 0.2) is 12.7 Å². The molecule has 0 bridgehead atoms. The van der Waals surface area contributed by atoms with E-state index in [4.69, 9.17) is 9.47 Å². The number of fused-ring (bicyclic) bond motifs is 5. The molecule has 4 aliphatic carbocycles. The molecule has 38 heavy (non-hydrogen) atoms. The van der Waals surface area contributed by atoms with Crippen molar-refractivity contribution in [1.29, 1.82) is 0 Å². The number of carbonyl (C=O) groups is 1. The van der Waals surface area contributed by atoms with Gasteiger partial charge in [0.1, 0.15) is 6.04 Å². The van der Waals surface area contributed by atoms with Crippen LogP contribution < -0.4 is 0 Å². The molecule has 6 fully saturated rings. The molecular formula is C32H53N2O4+. The highest BCUT2D eigenvalue weighted by Gasteiger charge is 2.67. The molecule has 0 aromatic heterocycles. The zero-order valence-corrected chi connectivity index (χ0v) is 24.3. The maximum Gasteiger partial charge on any atom is 0.303 e. The van der Waals surface area contributed by atoms with Gasteiger partial charge in [0.2, 0.25) is 0 Å². The van der Waals surface area contributed by atoms with Crippen molar-refractivity contribution in [1.82, 2.24) is 4.90 Å². The number of aliphatic hydroxyl groups excluding tert-OH is 1. The number of ether oxygens (including phenoxy) is 2. The first-order valence-corrected chi connectivity index (χ1v) is 15.9. The van der Waals surface area contributed by atoms with Gasteiger partial charge >= 0.3 is 5.97 Å². The van der Waals surface area contributed by atoms with Crippen molar-refractivity contribution in [3.05, 3.63) is 12.7 Å². The number of aliphatic hydroxyl groups is 1. The maximum absolute atomic E-state index is 12.5. The maximum atomic E-state index is 12.5. The Morgan fingerprint density at radius 2 is 1.84 bits per heavy atom. The van der Waals surface area contributed by atoms with Crippen molar-refractivity contribution in [3.8, 4) is 0 Å². The highest BCUT2D eigenvalue weighted by atomic mass is 16.5. The molecule has 2 aliphatic heterocycles. The predicted molar refractivity (Wildman–Crippen MR) is 148 cm³/mol. The smallest absolute Gasteiger partial charge is 0.303 e. The summed E-state index contributed by atoms with van der Waals surface area (Å²) >= 11 is 0. The van der Waals surface area contributed by atoms with Gasteiger partial charge in [0, 0.05) is 50.7 Å². The summed E-state index contributed by atoms with van der Waals surface area (Å²) in [6.07, 6.45) is 12.7. The van der Waals surface area contributed by atoms with Gasteiger partial charge in [-0.25, -0.2) is 0 Å². The van der Waals surface area contributed by atoms with Gasteiger partial charge in [0.25, 0.3) is 0 Å². The van der Waals surface area contributed by atoms with E-state index in [0.29, 0.717) is 29.7 Å². The number of likely N-dealkylation sites (tertiary alicyclic amines) is 1. The Kier molecular flexibility index (Phi) is 7.27. The van der Waals surface area contributed by atoms with Crippen LogP contribution in [0.1, 0.15) is 78.6 Å². The van der Waals surface area contributed by atoms with Gasteiger partial charge in [-0.05, 0) is 73.7 Å². The van der Waals surface area contributed by atoms with E-state index < -0.39 is 0 Å². The monoisotopic (exact) mass is 529 g/mol. The van der Waals surface area contributed by atoms with Gasteiger partial charge in [-0.2, -0.15) is 0 Å². The van der Waals surface area contributed by atoms with Crippen LogP contribution in [0.3, 0.4) is 0 Å². The van der Waals surface area contributed by atoms with E-state index in [1.54, 1.807) is 6.92 Å². The normalized spacial score (nSPS) is 48.5. The summed E-state index contributed by atoms with van der Waals surface area (Å²) in [5, 5.41) is 11.3. The summed E-state index contributed by atoms with van der Waals surface area (Å²) in [5.74, 6) is 2.54. The van der Waals surface area contributed by atoms with Gasteiger partial charge < -0.3 is 19.1 Å². The standard InChI is InChI=1S/C32H53N2O4/c1-5-14-34(15-6-7-16-34)28-20-26-24-9-8-23-19-29(36)27(33-12-17-37-18-13-33)21-32(23,4)25(24)10-11-31(26,3)30(28)38-22(2)35/h5,23-30,36H,1,6-21H2,2-4H3/q+1/t23-,24+,25+,26+,27-,28-,29-,30-,31-,32-/m0/s1. The van der Waals surface area contributed by atoms with E-state index in [2.05, 4.69) is 31.4 Å². The van der Waals surface area contributed by atoms with Crippen LogP contribution in [0.5, 0.6) is 0 Å². The quantitative estimate of drug-likeness (QED) is 0.325. The third-order valence-electron chi connectivity index (χ3n) is 13.1. The van der Waals surface area contributed by atoms with Crippen LogP contribution in [0, 0.1) is 34.5 Å². The molecule has 0 aromatic rings. The Balaban J connectivity index is 1.30. The van der Waals surface area contributed by atoms with Crippen LogP contribution >= 0.6 is 0 Å². The number of esters is 1. The highest BCUT2D eigenvalue weighted by Crippen LogP contribution is 2.67. The molecule has 6 heteroatoms. The van der Waals surface area contributed by atoms with E-state index in [0.717, 1.165) is 56.6 Å². The fourth-order valence-electron chi connectivity index (χ4n) is 11.3. The lowest BCUT2D eigenvalue weighted by atomic mass is 9.44. The van der Waals surface area contributed by atoms with Gasteiger partial charge in [-0.3, -0.25) is 9.69 Å². The molecule has 0 unspecified atom stereocenters. The van der Waals surface area contributed by atoms with Crippen LogP contribution in [0.2, 0.25) is 0 Å². The van der Waals surface area contributed by atoms with Gasteiger partial charge in [-0.1, -0.05) is 20.4 Å². The topological polar surface area (TPSA) is 59.0 Å². The van der Waals surface area contributed by atoms with Crippen LogP contribution in [0.25, 0.3) is 0 Å². The fraction of sp³-hybridized carbons (Fsp3) is 0.906. The number of quaternary nitrogens is 1. The first-order valence-electron chi connectivity index (χ1n) is 15.9. The number of rotatable bonds is 5. The zero-order valence-electron chi connectivity index (χ0n) is 24.3. The van der Waals surface area contributed by atoms with E-state index in [1.165, 1.54) is 51.6 Å². The third-order valence-corrected chi connectivity index (χ3v) is 13.1. The highest BCUT2D eigenvalue weighted by molar-refractivity contribution is 5.66. The summed E-state index contributed by atoms with van der Waals surface area (Å²) in [7, 11) is 0. The summed E-state index contributed by atoms with van der Waals surface area (Å²) in [5.41, 5.74) is 0.343. The van der Waals surface area contributed by atoms with E-state index >= 15 is 0 Å². The Morgan fingerprint density at radius 1 is 1.11 bits per heavy atom. The largest absolute Gasteiger partial charge is 0.456 e. The minimum Gasteiger partial charge on any atom is -0.456 e. The van der Waals surface area contributed by atoms with Crippen LogP contribution in [0.4, 0.5) is 0 Å². The Bertz CT molecular complexity index is 898. The second-order valence-electron chi connectivity index (χ2n) is 14.6. The lowest BCUT2D eigenvalue weighted by molar-refractivity contribution is -0.937. The molecule has 6 nitrogen and oxygen atoms in total. The van der Waals surface area contributed by atoms with Crippen molar-refractivity contribution in [2.24, 2.45) is 34.5 Å². The first-order chi connectivity index (χ1) is 18.2. The molecule has 6 aliphatic rings. The number of carbonyl (C=O) groups excluding carboxylic acids is 1. The number of hydrogen-bond donors (Lipinski definition) is 1. The van der Waals surface area contributed by atoms with E-state index in [9.17, 15) is 9.90 Å². The number of morpholine rings is 1. The Labute approximate surface area is 230 Å². The molecule has 6 rings (SSSR count). The van der Waals surface area contributed by atoms with Gasteiger partial charge in [0.15, 0.2) is 6.10 Å². The Morgan fingerprint density at radius 3 is 2.53 bits per heavy atom. The minimum absolute atomic E-state index is 0.0174. The predicted octanol–water partition coefficient (Wildman–Crippen LogP) is 4.41. The molecule has 0 amide bonds.